The standard InChI is InChI=1S/C12H12ClFO4.C7H5ClO2/c13-8-3-1-7(2-4-8)11(15)17-6-9-5-10(14)12(16)18-9;8-6-3-1-5(2-4-6)7(9)10/h1-4,9-10,12,16H,5-6H2;1-4H,(H,9,10). The zero-order chi connectivity index (χ0) is 20.7. The molecule has 0 bridgehead atoms. The van der Waals surface area contributed by atoms with E-state index in [0.29, 0.717) is 15.6 Å². The van der Waals surface area contributed by atoms with Gasteiger partial charge in [0.25, 0.3) is 0 Å². The molecule has 0 aliphatic carbocycles. The van der Waals surface area contributed by atoms with Crippen molar-refractivity contribution in [2.24, 2.45) is 0 Å². The molecule has 2 aromatic rings. The SMILES string of the molecule is O=C(O)c1ccc(Cl)cc1.O=C(OCC1CC(F)C(O)O1)c1ccc(Cl)cc1. The normalized spacial score (nSPS) is 20.8. The topological polar surface area (TPSA) is 93.1 Å². The van der Waals surface area contributed by atoms with Crippen LogP contribution in [0.5, 0.6) is 0 Å². The number of carbonyl (C=O) groups excluding carboxylic acids is 1. The third-order valence-corrected chi connectivity index (χ3v) is 4.20. The van der Waals surface area contributed by atoms with Gasteiger partial charge in [0.1, 0.15) is 6.61 Å². The Morgan fingerprint density at radius 2 is 1.54 bits per heavy atom. The summed E-state index contributed by atoms with van der Waals surface area (Å²) in [6, 6.07) is 12.2. The number of alkyl halides is 1. The molecule has 1 aliphatic rings. The molecule has 9 heteroatoms. The predicted octanol–water partition coefficient (Wildman–Crippen LogP) is 3.98. The van der Waals surface area contributed by atoms with Gasteiger partial charge < -0.3 is 19.7 Å². The Kier molecular flexibility index (Phi) is 8.19. The highest BCUT2D eigenvalue weighted by Gasteiger charge is 2.34. The molecule has 1 aliphatic heterocycles. The molecule has 2 aromatic carbocycles. The first-order valence-electron chi connectivity index (χ1n) is 8.15. The van der Waals surface area contributed by atoms with Crippen LogP contribution < -0.4 is 0 Å². The van der Waals surface area contributed by atoms with E-state index >= 15 is 0 Å². The van der Waals surface area contributed by atoms with Gasteiger partial charge in [-0.2, -0.15) is 0 Å². The van der Waals surface area contributed by atoms with Crippen molar-refractivity contribution in [1.29, 1.82) is 0 Å². The second kappa shape index (κ2) is 10.4. The molecular weight excluding hydrogens is 414 g/mol. The third kappa shape index (κ3) is 6.76. The van der Waals surface area contributed by atoms with Gasteiger partial charge in [-0.1, -0.05) is 23.2 Å². The average molecular weight is 431 g/mol. The van der Waals surface area contributed by atoms with E-state index in [9.17, 15) is 14.0 Å². The highest BCUT2D eigenvalue weighted by atomic mass is 35.5. The molecule has 6 nitrogen and oxygen atoms in total. The Balaban J connectivity index is 0.000000237. The van der Waals surface area contributed by atoms with Crippen molar-refractivity contribution >= 4 is 35.1 Å². The lowest BCUT2D eigenvalue weighted by Crippen LogP contribution is -2.19. The van der Waals surface area contributed by atoms with Crippen LogP contribution in [0.4, 0.5) is 4.39 Å². The Labute approximate surface area is 170 Å². The number of hydrogen-bond donors (Lipinski definition) is 2. The Morgan fingerprint density at radius 1 is 1.04 bits per heavy atom. The van der Waals surface area contributed by atoms with Gasteiger partial charge in [-0.05, 0) is 48.5 Å². The van der Waals surface area contributed by atoms with Gasteiger partial charge in [0, 0.05) is 16.5 Å². The summed E-state index contributed by atoms with van der Waals surface area (Å²) in [7, 11) is 0. The van der Waals surface area contributed by atoms with Crippen LogP contribution in [0.25, 0.3) is 0 Å². The van der Waals surface area contributed by atoms with Crippen molar-refractivity contribution in [3.05, 3.63) is 69.7 Å². The van der Waals surface area contributed by atoms with E-state index in [1.54, 1.807) is 24.3 Å². The first-order valence-corrected chi connectivity index (χ1v) is 8.91. The number of hydrogen-bond acceptors (Lipinski definition) is 5. The minimum atomic E-state index is -1.43. The molecule has 3 atom stereocenters. The molecule has 28 heavy (non-hydrogen) atoms. The van der Waals surface area contributed by atoms with Crippen LogP contribution in [0.15, 0.2) is 48.5 Å². The number of benzene rings is 2. The molecule has 0 spiro atoms. The summed E-state index contributed by atoms with van der Waals surface area (Å²) in [4.78, 5) is 21.9. The molecule has 1 saturated heterocycles. The molecule has 3 rings (SSSR count). The molecule has 3 unspecified atom stereocenters. The lowest BCUT2D eigenvalue weighted by Gasteiger charge is -2.10. The van der Waals surface area contributed by atoms with Crippen molar-refractivity contribution in [3.63, 3.8) is 0 Å². The van der Waals surface area contributed by atoms with Gasteiger partial charge in [0.2, 0.25) is 0 Å². The summed E-state index contributed by atoms with van der Waals surface area (Å²) >= 11 is 11.2. The first kappa shape index (κ1) is 22.1. The summed E-state index contributed by atoms with van der Waals surface area (Å²) in [6.45, 7) is -0.0844. The number of aromatic carboxylic acids is 1. The zero-order valence-corrected chi connectivity index (χ0v) is 15.9. The van der Waals surface area contributed by atoms with Crippen LogP contribution >= 0.6 is 23.2 Å². The van der Waals surface area contributed by atoms with Crippen molar-refractivity contribution in [1.82, 2.24) is 0 Å². The maximum atomic E-state index is 12.9. The van der Waals surface area contributed by atoms with E-state index in [1.807, 2.05) is 0 Å². The monoisotopic (exact) mass is 430 g/mol. The van der Waals surface area contributed by atoms with Crippen LogP contribution in [0, 0.1) is 0 Å². The molecule has 0 aromatic heterocycles. The van der Waals surface area contributed by atoms with Crippen molar-refractivity contribution < 1.29 is 33.7 Å². The van der Waals surface area contributed by atoms with Gasteiger partial charge >= 0.3 is 11.9 Å². The van der Waals surface area contributed by atoms with E-state index in [0.717, 1.165) is 0 Å². The second-order valence-corrected chi connectivity index (χ2v) is 6.69. The van der Waals surface area contributed by atoms with Crippen LogP contribution in [0.3, 0.4) is 0 Å². The summed E-state index contributed by atoms with van der Waals surface area (Å²) in [5, 5.41) is 18.5. The number of carboxylic acids is 1. The van der Waals surface area contributed by atoms with Crippen molar-refractivity contribution in [2.75, 3.05) is 6.61 Å². The average Bonchev–Trinajstić information content (AvgIpc) is 2.99. The van der Waals surface area contributed by atoms with Gasteiger partial charge in [0.15, 0.2) is 12.5 Å². The first-order chi connectivity index (χ1) is 13.3. The van der Waals surface area contributed by atoms with Crippen molar-refractivity contribution in [2.45, 2.75) is 25.0 Å². The molecule has 0 saturated carbocycles. The number of esters is 1. The van der Waals surface area contributed by atoms with E-state index in [2.05, 4.69) is 0 Å². The maximum Gasteiger partial charge on any atom is 0.338 e. The Hall–Kier alpha value is -2.19. The fraction of sp³-hybridized carbons (Fsp3) is 0.263. The fourth-order valence-electron chi connectivity index (χ4n) is 2.24. The third-order valence-electron chi connectivity index (χ3n) is 3.70. The van der Waals surface area contributed by atoms with Crippen LogP contribution in [-0.4, -0.2) is 47.3 Å². The van der Waals surface area contributed by atoms with Gasteiger partial charge in [0.05, 0.1) is 17.2 Å². The minimum Gasteiger partial charge on any atom is -0.478 e. The second-order valence-electron chi connectivity index (χ2n) is 5.82. The molecule has 1 heterocycles. The minimum absolute atomic E-state index is 0.0229. The number of carbonyl (C=O) groups is 2. The lowest BCUT2D eigenvalue weighted by atomic mass is 10.2. The highest BCUT2D eigenvalue weighted by Crippen LogP contribution is 2.22. The van der Waals surface area contributed by atoms with Gasteiger partial charge in [-0.25, -0.2) is 14.0 Å². The summed E-state index contributed by atoms with van der Waals surface area (Å²) in [6.07, 6.45) is -3.44. The summed E-state index contributed by atoms with van der Waals surface area (Å²) < 4.78 is 22.8. The predicted molar refractivity (Wildman–Crippen MR) is 101 cm³/mol. The van der Waals surface area contributed by atoms with Crippen LogP contribution in [0.1, 0.15) is 27.1 Å². The molecule has 1 fully saturated rings. The van der Waals surface area contributed by atoms with E-state index in [4.69, 9.17) is 42.9 Å². The number of aliphatic hydroxyl groups is 1. The highest BCUT2D eigenvalue weighted by molar-refractivity contribution is 6.30. The largest absolute Gasteiger partial charge is 0.478 e. The smallest absolute Gasteiger partial charge is 0.338 e. The summed E-state index contributed by atoms with van der Waals surface area (Å²) in [5.74, 6) is -1.47. The van der Waals surface area contributed by atoms with E-state index in [1.165, 1.54) is 24.3 Å². The zero-order valence-electron chi connectivity index (χ0n) is 14.4. The number of rotatable bonds is 4. The molecular formula is C19H17Cl2FO6. The van der Waals surface area contributed by atoms with Gasteiger partial charge in [-0.15, -0.1) is 0 Å². The molecule has 2 N–H and O–H groups in total. The number of carboxylic acid groups (broad SMARTS) is 1. The maximum absolute atomic E-state index is 12.9. The molecule has 0 radical (unpaired) electrons. The fourth-order valence-corrected chi connectivity index (χ4v) is 2.50. The van der Waals surface area contributed by atoms with Crippen LogP contribution in [-0.2, 0) is 9.47 Å². The lowest BCUT2D eigenvalue weighted by molar-refractivity contribution is -0.121. The van der Waals surface area contributed by atoms with Gasteiger partial charge in [-0.3, -0.25) is 0 Å². The van der Waals surface area contributed by atoms with E-state index < -0.39 is 30.5 Å². The Morgan fingerprint density at radius 3 is 1.96 bits per heavy atom. The Bertz CT molecular complexity index is 787. The van der Waals surface area contributed by atoms with Crippen LogP contribution in [0.2, 0.25) is 10.0 Å². The van der Waals surface area contributed by atoms with Crippen molar-refractivity contribution in [3.8, 4) is 0 Å². The number of halogens is 3. The number of aliphatic hydroxyl groups excluding tert-OH is 1. The van der Waals surface area contributed by atoms with E-state index in [-0.39, 0.29) is 18.6 Å². The number of ether oxygens (including phenoxy) is 2. The molecule has 150 valence electrons. The molecule has 0 amide bonds. The quantitative estimate of drug-likeness (QED) is 0.712. The summed E-state index contributed by atoms with van der Waals surface area (Å²) in [5.41, 5.74) is 0.610.